The zero-order chi connectivity index (χ0) is 20.7. The second-order valence-electron chi connectivity index (χ2n) is 7.46. The molecule has 7 nitrogen and oxygen atoms in total. The monoisotopic (exact) mass is 382 g/mol. The highest BCUT2D eigenvalue weighted by molar-refractivity contribution is 6.01. The van der Waals surface area contributed by atoms with Gasteiger partial charge in [0.05, 0.1) is 0 Å². The molecule has 0 aromatic heterocycles. The maximum absolute atomic E-state index is 12.3. The number of nitrogens with one attached hydrogen (secondary N) is 4. The lowest BCUT2D eigenvalue weighted by molar-refractivity contribution is -0.124. The first kappa shape index (κ1) is 21.0. The molecule has 28 heavy (non-hydrogen) atoms. The summed E-state index contributed by atoms with van der Waals surface area (Å²) < 4.78 is 0. The molecule has 0 saturated carbocycles. The van der Waals surface area contributed by atoms with E-state index in [2.05, 4.69) is 21.3 Å². The Morgan fingerprint density at radius 1 is 0.821 bits per heavy atom. The van der Waals surface area contributed by atoms with Gasteiger partial charge < -0.3 is 21.3 Å². The van der Waals surface area contributed by atoms with Crippen molar-refractivity contribution in [2.24, 2.45) is 0 Å². The predicted molar refractivity (Wildman–Crippen MR) is 110 cm³/mol. The molecule has 0 heterocycles. The maximum Gasteiger partial charge on any atom is 0.323 e. The molecule has 2 aromatic rings. The molecule has 2 rings (SSSR count). The van der Waals surface area contributed by atoms with Gasteiger partial charge in [-0.3, -0.25) is 9.59 Å². The van der Waals surface area contributed by atoms with Crippen LogP contribution in [0.25, 0.3) is 0 Å². The van der Waals surface area contributed by atoms with Crippen LogP contribution in [0.2, 0.25) is 0 Å². The van der Waals surface area contributed by atoms with Gasteiger partial charge in [-0.15, -0.1) is 0 Å². The molecule has 0 radical (unpaired) electrons. The van der Waals surface area contributed by atoms with E-state index in [9.17, 15) is 14.4 Å². The smallest absolute Gasteiger partial charge is 0.323 e. The molecule has 148 valence electrons. The molecule has 4 amide bonds. The van der Waals surface area contributed by atoms with E-state index in [1.54, 1.807) is 43.3 Å². The summed E-state index contributed by atoms with van der Waals surface area (Å²) in [5.74, 6) is -0.617. The number of hydrogen-bond acceptors (Lipinski definition) is 3. The Balaban J connectivity index is 1.89. The highest BCUT2D eigenvalue weighted by atomic mass is 16.2. The summed E-state index contributed by atoms with van der Waals surface area (Å²) in [5.41, 5.74) is 1.25. The molecule has 1 unspecified atom stereocenters. The average molecular weight is 382 g/mol. The van der Waals surface area contributed by atoms with Gasteiger partial charge in [-0.05, 0) is 64.1 Å². The fraction of sp³-hybridized carbons (Fsp3) is 0.286. The van der Waals surface area contributed by atoms with Gasteiger partial charge in [-0.1, -0.05) is 18.2 Å². The van der Waals surface area contributed by atoms with Crippen molar-refractivity contribution in [2.45, 2.75) is 39.3 Å². The molecule has 0 saturated heterocycles. The Bertz CT molecular complexity index is 827. The normalized spacial score (nSPS) is 11.9. The van der Waals surface area contributed by atoms with Crippen LogP contribution in [0.3, 0.4) is 0 Å². The molecule has 0 fully saturated rings. The van der Waals surface area contributed by atoms with E-state index in [-0.39, 0.29) is 23.4 Å². The van der Waals surface area contributed by atoms with E-state index >= 15 is 0 Å². The quantitative estimate of drug-likeness (QED) is 0.638. The number of rotatable bonds is 5. The summed E-state index contributed by atoms with van der Waals surface area (Å²) in [5, 5.41) is 10.9. The lowest BCUT2D eigenvalue weighted by Gasteiger charge is -2.23. The number of amides is 4. The van der Waals surface area contributed by atoms with Gasteiger partial charge in [0.2, 0.25) is 5.91 Å². The van der Waals surface area contributed by atoms with Crippen LogP contribution < -0.4 is 21.3 Å². The second-order valence-corrected chi connectivity index (χ2v) is 7.46. The summed E-state index contributed by atoms with van der Waals surface area (Å²) >= 11 is 0. The third kappa shape index (κ3) is 6.75. The van der Waals surface area contributed by atoms with Crippen molar-refractivity contribution in [1.29, 1.82) is 0 Å². The van der Waals surface area contributed by atoms with Crippen molar-refractivity contribution in [3.8, 4) is 0 Å². The zero-order valence-electron chi connectivity index (χ0n) is 16.5. The lowest BCUT2D eigenvalue weighted by atomic mass is 10.1. The summed E-state index contributed by atoms with van der Waals surface area (Å²) in [6.07, 6.45) is 0. The number of carbonyl (C=O) groups excluding carboxylic acids is 3. The van der Waals surface area contributed by atoms with E-state index in [1.165, 1.54) is 0 Å². The van der Waals surface area contributed by atoms with E-state index in [0.717, 1.165) is 0 Å². The first-order valence-electron chi connectivity index (χ1n) is 9.00. The van der Waals surface area contributed by atoms with Gasteiger partial charge >= 0.3 is 6.03 Å². The van der Waals surface area contributed by atoms with Crippen molar-refractivity contribution in [3.05, 3.63) is 60.2 Å². The molecule has 0 aliphatic carbocycles. The van der Waals surface area contributed by atoms with Crippen molar-refractivity contribution < 1.29 is 14.4 Å². The Morgan fingerprint density at radius 2 is 1.36 bits per heavy atom. The number of hydrogen-bond donors (Lipinski definition) is 4. The third-order valence-corrected chi connectivity index (χ3v) is 3.68. The van der Waals surface area contributed by atoms with Crippen LogP contribution in [-0.2, 0) is 4.79 Å². The highest BCUT2D eigenvalue weighted by Gasteiger charge is 2.21. The minimum Gasteiger partial charge on any atom is -0.350 e. The van der Waals surface area contributed by atoms with Gasteiger partial charge in [0, 0.05) is 22.5 Å². The molecule has 4 N–H and O–H groups in total. The molecule has 0 spiro atoms. The van der Waals surface area contributed by atoms with Crippen molar-refractivity contribution in [2.75, 3.05) is 10.6 Å². The van der Waals surface area contributed by atoms with Gasteiger partial charge in [0.15, 0.2) is 0 Å². The summed E-state index contributed by atoms with van der Waals surface area (Å²) in [6, 6.07) is 14.5. The molecule has 7 heteroatoms. The minimum atomic E-state index is -0.666. The van der Waals surface area contributed by atoms with Crippen molar-refractivity contribution in [1.82, 2.24) is 10.6 Å². The van der Waals surface area contributed by atoms with Gasteiger partial charge in [0.1, 0.15) is 6.04 Å². The van der Waals surface area contributed by atoms with Gasteiger partial charge in [-0.2, -0.15) is 0 Å². The summed E-state index contributed by atoms with van der Waals surface area (Å²) in [4.78, 5) is 36.4. The molecular formula is C21H26N4O3. The van der Waals surface area contributed by atoms with Crippen LogP contribution in [0.4, 0.5) is 16.2 Å². The van der Waals surface area contributed by atoms with Crippen molar-refractivity contribution in [3.63, 3.8) is 0 Å². The Hall–Kier alpha value is -3.35. The lowest BCUT2D eigenvalue weighted by Crippen LogP contribution is -2.50. The van der Waals surface area contributed by atoms with E-state index in [4.69, 9.17) is 0 Å². The topological polar surface area (TPSA) is 99.3 Å². The first-order chi connectivity index (χ1) is 13.1. The number of para-hydroxylation sites is 1. The molecular weight excluding hydrogens is 356 g/mol. The fourth-order valence-corrected chi connectivity index (χ4v) is 2.34. The van der Waals surface area contributed by atoms with Crippen LogP contribution in [0, 0.1) is 0 Å². The fourth-order valence-electron chi connectivity index (χ4n) is 2.34. The first-order valence-corrected chi connectivity index (χ1v) is 9.00. The Labute approximate surface area is 164 Å². The van der Waals surface area contributed by atoms with Crippen LogP contribution in [0.1, 0.15) is 38.1 Å². The number of benzene rings is 2. The number of urea groups is 1. The molecule has 0 aliphatic heterocycles. The van der Waals surface area contributed by atoms with Crippen LogP contribution in [0.15, 0.2) is 54.6 Å². The summed E-state index contributed by atoms with van der Waals surface area (Å²) in [7, 11) is 0. The zero-order valence-corrected chi connectivity index (χ0v) is 16.5. The van der Waals surface area contributed by atoms with Gasteiger partial charge in [0.25, 0.3) is 5.91 Å². The van der Waals surface area contributed by atoms with E-state index in [1.807, 2.05) is 39.0 Å². The predicted octanol–water partition coefficient (Wildman–Crippen LogP) is 3.36. The third-order valence-electron chi connectivity index (χ3n) is 3.68. The second kappa shape index (κ2) is 9.03. The van der Waals surface area contributed by atoms with Crippen LogP contribution in [-0.4, -0.2) is 29.4 Å². The summed E-state index contributed by atoms with van der Waals surface area (Å²) in [6.45, 7) is 7.25. The standard InChI is InChI=1S/C21H26N4O3/c1-14(18(26)25-21(2,3)4)22-19(27)15-10-12-17(13-11-15)24-20(28)23-16-8-6-5-7-9-16/h5-14H,1-4H3,(H,22,27)(H,25,26)(H2,23,24,28). The minimum absolute atomic E-state index is 0.253. The van der Waals surface area contributed by atoms with Crippen molar-refractivity contribution >= 4 is 29.2 Å². The Kier molecular flexibility index (Phi) is 6.76. The highest BCUT2D eigenvalue weighted by Crippen LogP contribution is 2.11. The number of anilines is 2. The SMILES string of the molecule is CC(NC(=O)c1ccc(NC(=O)Nc2ccccc2)cc1)C(=O)NC(C)(C)C. The number of carbonyl (C=O) groups is 3. The Morgan fingerprint density at radius 3 is 1.89 bits per heavy atom. The van der Waals surface area contributed by atoms with E-state index < -0.39 is 6.04 Å². The van der Waals surface area contributed by atoms with Gasteiger partial charge in [-0.25, -0.2) is 4.79 Å². The molecule has 1 atom stereocenters. The van der Waals surface area contributed by atoms with Crippen LogP contribution in [0.5, 0.6) is 0 Å². The van der Waals surface area contributed by atoms with E-state index in [0.29, 0.717) is 16.9 Å². The maximum atomic E-state index is 12.3. The average Bonchev–Trinajstić information content (AvgIpc) is 2.61. The molecule has 2 aromatic carbocycles. The largest absolute Gasteiger partial charge is 0.350 e. The van der Waals surface area contributed by atoms with Crippen LogP contribution >= 0.6 is 0 Å². The molecule has 0 bridgehead atoms. The molecule has 0 aliphatic rings.